The van der Waals surface area contributed by atoms with E-state index >= 15 is 0 Å². The van der Waals surface area contributed by atoms with Crippen molar-refractivity contribution in [1.29, 1.82) is 0 Å². The normalized spacial score (nSPS) is 17.1. The summed E-state index contributed by atoms with van der Waals surface area (Å²) in [5.41, 5.74) is 5.74. The molecule has 0 heterocycles. The third-order valence-electron chi connectivity index (χ3n) is 3.72. The molecular formula is C15H24N2. The van der Waals surface area contributed by atoms with E-state index in [1.807, 2.05) is 0 Å². The molecule has 17 heavy (non-hydrogen) atoms. The van der Waals surface area contributed by atoms with Gasteiger partial charge in [-0.2, -0.15) is 0 Å². The predicted molar refractivity (Wildman–Crippen MR) is 72.6 cm³/mol. The van der Waals surface area contributed by atoms with Gasteiger partial charge < -0.3 is 0 Å². The largest absolute Gasteiger partial charge is 0.271 e. The van der Waals surface area contributed by atoms with E-state index in [0.717, 1.165) is 18.8 Å². The fraction of sp³-hybridized carbons (Fsp3) is 0.600. The SMILES string of the molecule is Cc1cccc(CCC(CCC2CC2)NN)c1. The lowest BCUT2D eigenvalue weighted by molar-refractivity contribution is 0.440. The Balaban J connectivity index is 1.74. The van der Waals surface area contributed by atoms with Gasteiger partial charge in [-0.1, -0.05) is 42.7 Å². The molecule has 0 spiro atoms. The number of benzene rings is 1. The Labute approximate surface area is 105 Å². The molecule has 1 unspecified atom stereocenters. The first kappa shape index (κ1) is 12.6. The Bertz CT molecular complexity index is 345. The Kier molecular flexibility index (Phi) is 4.57. The minimum Gasteiger partial charge on any atom is -0.271 e. The Morgan fingerprint density at radius 1 is 1.35 bits per heavy atom. The van der Waals surface area contributed by atoms with Gasteiger partial charge in [0.2, 0.25) is 0 Å². The highest BCUT2D eigenvalue weighted by atomic mass is 15.2. The lowest BCUT2D eigenvalue weighted by Gasteiger charge is -2.15. The van der Waals surface area contributed by atoms with E-state index in [1.54, 1.807) is 0 Å². The van der Waals surface area contributed by atoms with Crippen molar-refractivity contribution in [2.75, 3.05) is 0 Å². The molecule has 0 aliphatic heterocycles. The zero-order valence-corrected chi connectivity index (χ0v) is 10.8. The second-order valence-electron chi connectivity index (χ2n) is 5.41. The van der Waals surface area contributed by atoms with E-state index in [9.17, 15) is 0 Å². The highest BCUT2D eigenvalue weighted by Gasteiger charge is 2.22. The van der Waals surface area contributed by atoms with Gasteiger partial charge >= 0.3 is 0 Å². The number of hydrogen-bond donors (Lipinski definition) is 2. The predicted octanol–water partition coefficient (Wildman–Crippen LogP) is 2.95. The number of nitrogens with one attached hydrogen (secondary N) is 1. The molecule has 1 atom stereocenters. The van der Waals surface area contributed by atoms with E-state index in [-0.39, 0.29) is 0 Å². The molecule has 0 saturated heterocycles. The van der Waals surface area contributed by atoms with Crippen molar-refractivity contribution < 1.29 is 0 Å². The average molecular weight is 232 g/mol. The summed E-state index contributed by atoms with van der Waals surface area (Å²) >= 11 is 0. The van der Waals surface area contributed by atoms with Gasteiger partial charge in [0.1, 0.15) is 0 Å². The van der Waals surface area contributed by atoms with Crippen molar-refractivity contribution in [2.24, 2.45) is 11.8 Å². The van der Waals surface area contributed by atoms with Crippen LogP contribution in [0.15, 0.2) is 24.3 Å². The monoisotopic (exact) mass is 232 g/mol. The van der Waals surface area contributed by atoms with Crippen LogP contribution in [0.4, 0.5) is 0 Å². The topological polar surface area (TPSA) is 38.0 Å². The molecule has 1 fully saturated rings. The highest BCUT2D eigenvalue weighted by molar-refractivity contribution is 5.22. The summed E-state index contributed by atoms with van der Waals surface area (Å²) in [6.07, 6.45) is 7.73. The minimum absolute atomic E-state index is 0.483. The van der Waals surface area contributed by atoms with Gasteiger partial charge in [-0.05, 0) is 44.1 Å². The highest BCUT2D eigenvalue weighted by Crippen LogP contribution is 2.34. The summed E-state index contributed by atoms with van der Waals surface area (Å²) in [7, 11) is 0. The van der Waals surface area contributed by atoms with Gasteiger partial charge in [0.15, 0.2) is 0 Å². The van der Waals surface area contributed by atoms with Crippen molar-refractivity contribution >= 4 is 0 Å². The molecule has 0 radical (unpaired) electrons. The number of rotatable bonds is 7. The average Bonchev–Trinajstić information content (AvgIpc) is 3.13. The molecule has 2 nitrogen and oxygen atoms in total. The summed E-state index contributed by atoms with van der Waals surface area (Å²) in [6.45, 7) is 2.15. The molecule has 3 N–H and O–H groups in total. The van der Waals surface area contributed by atoms with E-state index in [2.05, 4.69) is 36.6 Å². The first-order chi connectivity index (χ1) is 8.28. The maximum atomic E-state index is 5.62. The van der Waals surface area contributed by atoms with Crippen molar-refractivity contribution in [3.63, 3.8) is 0 Å². The van der Waals surface area contributed by atoms with Crippen molar-refractivity contribution in [3.05, 3.63) is 35.4 Å². The molecule has 0 amide bonds. The van der Waals surface area contributed by atoms with Gasteiger partial charge in [-0.25, -0.2) is 0 Å². The van der Waals surface area contributed by atoms with E-state index < -0.39 is 0 Å². The second kappa shape index (κ2) is 6.18. The molecule has 1 aliphatic rings. The van der Waals surface area contributed by atoms with Crippen LogP contribution in [-0.4, -0.2) is 6.04 Å². The lowest BCUT2D eigenvalue weighted by Crippen LogP contribution is -2.35. The lowest BCUT2D eigenvalue weighted by atomic mass is 10.00. The minimum atomic E-state index is 0.483. The maximum absolute atomic E-state index is 5.62. The van der Waals surface area contributed by atoms with E-state index in [0.29, 0.717) is 6.04 Å². The first-order valence-corrected chi connectivity index (χ1v) is 6.79. The zero-order valence-electron chi connectivity index (χ0n) is 10.8. The summed E-state index contributed by atoms with van der Waals surface area (Å²) < 4.78 is 0. The van der Waals surface area contributed by atoms with Crippen LogP contribution in [0.5, 0.6) is 0 Å². The molecule has 1 aromatic rings. The molecular weight excluding hydrogens is 208 g/mol. The molecule has 2 heteroatoms. The number of aryl methyl sites for hydroxylation is 2. The van der Waals surface area contributed by atoms with Crippen LogP contribution in [-0.2, 0) is 6.42 Å². The molecule has 2 rings (SSSR count). The molecule has 1 aromatic carbocycles. The summed E-state index contributed by atoms with van der Waals surface area (Å²) in [4.78, 5) is 0. The van der Waals surface area contributed by atoms with Crippen LogP contribution in [0.25, 0.3) is 0 Å². The van der Waals surface area contributed by atoms with Crippen molar-refractivity contribution in [1.82, 2.24) is 5.43 Å². The third kappa shape index (κ3) is 4.49. The molecule has 94 valence electrons. The van der Waals surface area contributed by atoms with Gasteiger partial charge in [0.05, 0.1) is 0 Å². The molecule has 0 aromatic heterocycles. The Morgan fingerprint density at radius 3 is 2.82 bits per heavy atom. The van der Waals surface area contributed by atoms with Gasteiger partial charge in [0, 0.05) is 6.04 Å². The van der Waals surface area contributed by atoms with Gasteiger partial charge in [-0.3, -0.25) is 11.3 Å². The fourth-order valence-electron chi connectivity index (χ4n) is 2.36. The molecule has 1 aliphatic carbocycles. The van der Waals surface area contributed by atoms with E-state index in [4.69, 9.17) is 5.84 Å². The first-order valence-electron chi connectivity index (χ1n) is 6.79. The standard InChI is InChI=1S/C15H24N2/c1-12-3-2-4-14(11-12)8-10-15(17-16)9-7-13-5-6-13/h2-4,11,13,15,17H,5-10,16H2,1H3. The van der Waals surface area contributed by atoms with Crippen molar-refractivity contribution in [2.45, 2.75) is 51.5 Å². The smallest absolute Gasteiger partial charge is 0.0213 e. The Morgan fingerprint density at radius 2 is 2.18 bits per heavy atom. The maximum Gasteiger partial charge on any atom is 0.0213 e. The van der Waals surface area contributed by atoms with Crippen LogP contribution in [0, 0.1) is 12.8 Å². The summed E-state index contributed by atoms with van der Waals surface area (Å²) in [5.74, 6) is 6.63. The number of nitrogens with two attached hydrogens (primary N) is 1. The second-order valence-corrected chi connectivity index (χ2v) is 5.41. The van der Waals surface area contributed by atoms with Crippen LogP contribution in [0.1, 0.15) is 43.2 Å². The van der Waals surface area contributed by atoms with Crippen LogP contribution in [0.3, 0.4) is 0 Å². The van der Waals surface area contributed by atoms with Crippen molar-refractivity contribution in [3.8, 4) is 0 Å². The number of hydrogen-bond acceptors (Lipinski definition) is 2. The van der Waals surface area contributed by atoms with Gasteiger partial charge in [-0.15, -0.1) is 0 Å². The molecule has 0 bridgehead atoms. The van der Waals surface area contributed by atoms with Crippen LogP contribution < -0.4 is 11.3 Å². The summed E-state index contributed by atoms with van der Waals surface area (Å²) in [5, 5.41) is 0. The molecule has 1 saturated carbocycles. The third-order valence-corrected chi connectivity index (χ3v) is 3.72. The number of hydrazine groups is 1. The Hall–Kier alpha value is -0.860. The quantitative estimate of drug-likeness (QED) is 0.560. The zero-order chi connectivity index (χ0) is 12.1. The van der Waals surface area contributed by atoms with Crippen LogP contribution in [0.2, 0.25) is 0 Å². The van der Waals surface area contributed by atoms with E-state index in [1.165, 1.54) is 36.8 Å². The fourth-order valence-corrected chi connectivity index (χ4v) is 2.36. The van der Waals surface area contributed by atoms with Gasteiger partial charge in [0.25, 0.3) is 0 Å². The van der Waals surface area contributed by atoms with Crippen LogP contribution >= 0.6 is 0 Å². The summed E-state index contributed by atoms with van der Waals surface area (Å²) in [6, 6.07) is 9.25.